The third-order valence-electron chi connectivity index (χ3n) is 6.94. The smallest absolute Gasteiger partial charge is 0.321 e. The van der Waals surface area contributed by atoms with Crippen molar-refractivity contribution in [3.05, 3.63) is 72.7 Å². The van der Waals surface area contributed by atoms with Gasteiger partial charge in [0.15, 0.2) is 11.5 Å². The quantitative estimate of drug-likeness (QED) is 0.432. The van der Waals surface area contributed by atoms with E-state index in [9.17, 15) is 4.79 Å². The third kappa shape index (κ3) is 3.98. The molecule has 8 nitrogen and oxygen atoms in total. The van der Waals surface area contributed by atoms with Gasteiger partial charge in [0.1, 0.15) is 11.5 Å². The average Bonchev–Trinajstić information content (AvgIpc) is 3.54. The predicted molar refractivity (Wildman–Crippen MR) is 140 cm³/mol. The highest BCUT2D eigenvalue weighted by Crippen LogP contribution is 2.43. The van der Waals surface area contributed by atoms with Gasteiger partial charge in [-0.3, -0.25) is 0 Å². The minimum Gasteiger partial charge on any atom is -0.454 e. The van der Waals surface area contributed by atoms with E-state index >= 15 is 0 Å². The molecule has 2 aromatic carbocycles. The standard InChI is InChI=1S/C28H29N5O3/c1-31(2)21-13-11-20(12-14-21)29-28(34)32-15-6-7-19(17-32)27-30-25(23-9-3-4-16-33(23)27)22-8-5-10-24-26(22)36-18-35-24/h3-5,8-14,16,19H,6-7,15,17-18H2,1-2H3,(H,29,34)/t19-/m1/s1. The Kier molecular flexibility index (Phi) is 5.64. The van der Waals surface area contributed by atoms with Crippen molar-refractivity contribution in [3.8, 4) is 22.8 Å². The van der Waals surface area contributed by atoms with Gasteiger partial charge in [-0.15, -0.1) is 0 Å². The van der Waals surface area contributed by atoms with Crippen LogP contribution >= 0.6 is 0 Å². The number of hydrogen-bond acceptors (Lipinski definition) is 5. The Morgan fingerprint density at radius 2 is 1.92 bits per heavy atom. The van der Waals surface area contributed by atoms with E-state index in [2.05, 4.69) is 15.8 Å². The second-order valence-electron chi connectivity index (χ2n) is 9.47. The van der Waals surface area contributed by atoms with E-state index in [0.29, 0.717) is 6.54 Å². The number of nitrogens with one attached hydrogen (secondary N) is 1. The first-order chi connectivity index (χ1) is 17.6. The molecule has 2 aliphatic heterocycles. The first-order valence-electron chi connectivity index (χ1n) is 12.3. The van der Waals surface area contributed by atoms with E-state index in [4.69, 9.17) is 14.5 Å². The summed E-state index contributed by atoms with van der Waals surface area (Å²) >= 11 is 0. The van der Waals surface area contributed by atoms with Crippen LogP contribution in [0.4, 0.5) is 16.2 Å². The number of amides is 2. The van der Waals surface area contributed by atoms with Crippen LogP contribution in [0.2, 0.25) is 0 Å². The average molecular weight is 484 g/mol. The highest BCUT2D eigenvalue weighted by Gasteiger charge is 2.30. The molecule has 4 heterocycles. The topological polar surface area (TPSA) is 71.3 Å². The van der Waals surface area contributed by atoms with Gasteiger partial charge in [0.25, 0.3) is 0 Å². The third-order valence-corrected chi connectivity index (χ3v) is 6.94. The lowest BCUT2D eigenvalue weighted by atomic mass is 9.97. The van der Waals surface area contributed by atoms with Gasteiger partial charge in [0.2, 0.25) is 6.79 Å². The van der Waals surface area contributed by atoms with E-state index in [1.807, 2.05) is 84.7 Å². The second kappa shape index (κ2) is 9.11. The zero-order valence-electron chi connectivity index (χ0n) is 20.5. The lowest BCUT2D eigenvalue weighted by molar-refractivity contribution is 0.174. The van der Waals surface area contributed by atoms with Gasteiger partial charge in [-0.25, -0.2) is 9.78 Å². The number of anilines is 2. The summed E-state index contributed by atoms with van der Waals surface area (Å²) in [5.74, 6) is 2.56. The Morgan fingerprint density at radius 1 is 1.06 bits per heavy atom. The van der Waals surface area contributed by atoms with Crippen LogP contribution in [0.25, 0.3) is 16.8 Å². The van der Waals surface area contributed by atoms with Crippen molar-refractivity contribution in [3.63, 3.8) is 0 Å². The maximum atomic E-state index is 13.1. The molecule has 0 bridgehead atoms. The molecule has 0 spiro atoms. The fraction of sp³-hybridized carbons (Fsp3) is 0.286. The van der Waals surface area contributed by atoms with E-state index in [-0.39, 0.29) is 18.7 Å². The van der Waals surface area contributed by atoms with Crippen LogP contribution < -0.4 is 19.7 Å². The van der Waals surface area contributed by atoms with E-state index < -0.39 is 0 Å². The van der Waals surface area contributed by atoms with Gasteiger partial charge >= 0.3 is 6.03 Å². The molecule has 2 aromatic heterocycles. The lowest BCUT2D eigenvalue weighted by Crippen LogP contribution is -2.42. The predicted octanol–water partition coefficient (Wildman–Crippen LogP) is 5.21. The summed E-state index contributed by atoms with van der Waals surface area (Å²) in [6.07, 6.45) is 3.95. The maximum Gasteiger partial charge on any atom is 0.321 e. The van der Waals surface area contributed by atoms with Crippen molar-refractivity contribution >= 4 is 22.9 Å². The number of hydrogen-bond donors (Lipinski definition) is 1. The monoisotopic (exact) mass is 483 g/mol. The van der Waals surface area contributed by atoms with Crippen LogP contribution in [-0.2, 0) is 0 Å². The largest absolute Gasteiger partial charge is 0.454 e. The van der Waals surface area contributed by atoms with Gasteiger partial charge in [-0.1, -0.05) is 12.1 Å². The zero-order chi connectivity index (χ0) is 24.6. The van der Waals surface area contributed by atoms with E-state index in [0.717, 1.165) is 64.9 Å². The number of piperidine rings is 1. The molecular weight excluding hydrogens is 454 g/mol. The minimum absolute atomic E-state index is 0.0789. The number of benzene rings is 2. The molecule has 0 unspecified atom stereocenters. The van der Waals surface area contributed by atoms with Crippen LogP contribution in [0.3, 0.4) is 0 Å². The Morgan fingerprint density at radius 3 is 2.75 bits per heavy atom. The molecule has 0 aliphatic carbocycles. The highest BCUT2D eigenvalue weighted by molar-refractivity contribution is 5.89. The number of imidazole rings is 1. The summed E-state index contributed by atoms with van der Waals surface area (Å²) < 4.78 is 13.5. The molecule has 36 heavy (non-hydrogen) atoms. The highest BCUT2D eigenvalue weighted by atomic mass is 16.7. The van der Waals surface area contributed by atoms with E-state index in [1.165, 1.54) is 0 Å². The maximum absolute atomic E-state index is 13.1. The SMILES string of the molecule is CN(C)c1ccc(NC(=O)N2CCC[C@@H](c3nc(-c4cccc5c4OCO5)c4ccccn34)C2)cc1. The number of likely N-dealkylation sites (tertiary alicyclic amines) is 1. The molecule has 1 fully saturated rings. The molecule has 1 atom stereocenters. The summed E-state index contributed by atoms with van der Waals surface area (Å²) in [7, 11) is 4.00. The van der Waals surface area contributed by atoms with Crippen molar-refractivity contribution in [2.24, 2.45) is 0 Å². The van der Waals surface area contributed by atoms with Crippen LogP contribution in [0.15, 0.2) is 66.9 Å². The second-order valence-corrected chi connectivity index (χ2v) is 9.47. The number of carbonyl (C=O) groups excluding carboxylic acids is 1. The van der Waals surface area contributed by atoms with Crippen LogP contribution in [0.1, 0.15) is 24.6 Å². The fourth-order valence-electron chi connectivity index (χ4n) is 5.08. The molecule has 6 rings (SSSR count). The number of pyridine rings is 1. The van der Waals surface area contributed by atoms with Gasteiger partial charge in [0, 0.05) is 56.2 Å². The van der Waals surface area contributed by atoms with Crippen molar-refractivity contribution in [1.82, 2.24) is 14.3 Å². The van der Waals surface area contributed by atoms with Crippen molar-refractivity contribution in [2.45, 2.75) is 18.8 Å². The number of fused-ring (bicyclic) bond motifs is 2. The molecule has 4 aromatic rings. The summed E-state index contributed by atoms with van der Waals surface area (Å²) in [6, 6.07) is 19.8. The Balaban J connectivity index is 1.27. The van der Waals surface area contributed by atoms with Gasteiger partial charge in [-0.2, -0.15) is 0 Å². The number of para-hydroxylation sites is 1. The van der Waals surface area contributed by atoms with Crippen molar-refractivity contribution < 1.29 is 14.3 Å². The molecule has 1 saturated heterocycles. The van der Waals surface area contributed by atoms with Gasteiger partial charge in [-0.05, 0) is 61.4 Å². The molecule has 8 heteroatoms. The summed E-state index contributed by atoms with van der Waals surface area (Å²) in [6.45, 7) is 1.56. The minimum atomic E-state index is -0.0789. The van der Waals surface area contributed by atoms with Gasteiger partial charge < -0.3 is 29.0 Å². The molecule has 0 radical (unpaired) electrons. The molecular formula is C28H29N5O3. The number of nitrogens with zero attached hydrogens (tertiary/aromatic N) is 4. The normalized spacial score (nSPS) is 16.8. The number of ether oxygens (including phenoxy) is 2. The first kappa shape index (κ1) is 22.3. The lowest BCUT2D eigenvalue weighted by Gasteiger charge is -2.32. The van der Waals surface area contributed by atoms with Crippen molar-refractivity contribution in [2.75, 3.05) is 44.2 Å². The van der Waals surface area contributed by atoms with Crippen LogP contribution in [0.5, 0.6) is 11.5 Å². The molecule has 2 amide bonds. The van der Waals surface area contributed by atoms with Gasteiger partial charge in [0.05, 0.1) is 5.52 Å². The zero-order valence-corrected chi connectivity index (χ0v) is 20.5. The molecule has 0 saturated carbocycles. The number of urea groups is 1. The Labute approximate surface area is 210 Å². The number of rotatable bonds is 4. The Bertz CT molecular complexity index is 1410. The summed E-state index contributed by atoms with van der Waals surface area (Å²) in [4.78, 5) is 22.2. The summed E-state index contributed by atoms with van der Waals surface area (Å²) in [5, 5.41) is 3.06. The first-order valence-corrected chi connectivity index (χ1v) is 12.3. The van der Waals surface area contributed by atoms with Crippen LogP contribution in [-0.4, -0.2) is 54.3 Å². The molecule has 184 valence electrons. The Hall–Kier alpha value is -4.20. The fourth-order valence-corrected chi connectivity index (χ4v) is 5.08. The van der Waals surface area contributed by atoms with E-state index in [1.54, 1.807) is 0 Å². The number of carbonyl (C=O) groups is 1. The van der Waals surface area contributed by atoms with Crippen molar-refractivity contribution in [1.29, 1.82) is 0 Å². The molecule has 2 aliphatic rings. The van der Waals surface area contributed by atoms with Crippen LogP contribution in [0, 0.1) is 0 Å². The molecule has 1 N–H and O–H groups in total. The summed E-state index contributed by atoms with van der Waals surface area (Å²) in [5.41, 5.74) is 4.69. The number of aromatic nitrogens is 2.